The molecule has 4 heterocycles. The van der Waals surface area contributed by atoms with Gasteiger partial charge in [-0.15, -0.1) is 22.1 Å². The number of nitrogens with zero attached hydrogens (tertiary/aromatic N) is 5. The molecule has 1 amide bonds. The lowest BCUT2D eigenvalue weighted by molar-refractivity contribution is -0.137. The van der Waals surface area contributed by atoms with Gasteiger partial charge in [-0.05, 0) is 93.4 Å². The summed E-state index contributed by atoms with van der Waals surface area (Å²) in [5.74, 6) is 5.53. The maximum absolute atomic E-state index is 13.9. The van der Waals surface area contributed by atoms with Crippen LogP contribution in [0, 0.1) is 11.8 Å². The standard InChI is InChI=1S/C33H30Cl2F3N6O2S2/c34-24-11-14-28(27(35)20-24)44-31(29-15-13-25(47-29)12-8-22-6-9-23(10-7-22)33(36,37)38)26(21-39-48(46)43-18-4-5-19-43)30(40-44)32(45)41-42-16-2-1-3-17-42/h6-7,9-11,13-15,20H,1-5,16-19,21H2,(H,41,45)/q-1. The molecular formula is C33H30Cl2F3N6O2S2-. The van der Waals surface area contributed by atoms with Crippen LogP contribution in [0.1, 0.15) is 64.2 Å². The molecular weight excluding hydrogens is 704 g/mol. The van der Waals surface area contributed by atoms with Crippen molar-refractivity contribution in [3.05, 3.63) is 91.9 Å². The molecule has 2 aliphatic heterocycles. The first-order valence-corrected chi connectivity index (χ1v) is 18.0. The SMILES string of the molecule is O=C(NN1CCCCC1)c1nn(-c2ccc(Cl)cc2Cl)c(-c2ccc(C#Cc3ccc(C(F)(F)F)cc3)s2)c1CN=[S-](=O)N1CCCC1. The molecule has 2 fully saturated rings. The van der Waals surface area contributed by atoms with Crippen molar-refractivity contribution in [3.63, 3.8) is 0 Å². The molecule has 0 atom stereocenters. The van der Waals surface area contributed by atoms with Crippen LogP contribution < -0.4 is 5.43 Å². The number of amides is 1. The zero-order chi connectivity index (χ0) is 33.8. The first-order chi connectivity index (χ1) is 23.1. The summed E-state index contributed by atoms with van der Waals surface area (Å²) in [4.78, 5) is 15.2. The highest BCUT2D eigenvalue weighted by molar-refractivity contribution is 7.72. The lowest BCUT2D eigenvalue weighted by Gasteiger charge is -2.26. The summed E-state index contributed by atoms with van der Waals surface area (Å²) in [6.45, 7) is 2.73. The van der Waals surface area contributed by atoms with Crippen molar-refractivity contribution >= 4 is 51.2 Å². The number of piperidine rings is 1. The van der Waals surface area contributed by atoms with Crippen LogP contribution in [0.4, 0.5) is 13.2 Å². The molecule has 0 bridgehead atoms. The Morgan fingerprint density at radius 1 is 0.958 bits per heavy atom. The molecule has 2 saturated heterocycles. The number of carbonyl (C=O) groups is 1. The molecule has 2 aromatic carbocycles. The minimum Gasteiger partial charge on any atom is -0.430 e. The molecule has 2 aromatic heterocycles. The minimum atomic E-state index is -4.43. The molecule has 0 unspecified atom stereocenters. The van der Waals surface area contributed by atoms with Gasteiger partial charge in [0.15, 0.2) is 5.69 Å². The van der Waals surface area contributed by atoms with E-state index in [2.05, 4.69) is 21.6 Å². The molecule has 4 aromatic rings. The number of carbonyl (C=O) groups excluding carboxylic acids is 1. The molecule has 252 valence electrons. The van der Waals surface area contributed by atoms with Crippen molar-refractivity contribution in [1.29, 1.82) is 0 Å². The third-order valence-corrected chi connectivity index (χ3v) is 10.7. The minimum absolute atomic E-state index is 0.0587. The van der Waals surface area contributed by atoms with Crippen LogP contribution in [0.2, 0.25) is 10.0 Å². The molecule has 2 aliphatic rings. The first-order valence-electron chi connectivity index (χ1n) is 15.3. The highest BCUT2D eigenvalue weighted by Gasteiger charge is 2.30. The summed E-state index contributed by atoms with van der Waals surface area (Å²) in [5, 5.41) is 7.38. The second-order valence-corrected chi connectivity index (χ2v) is 14.5. The van der Waals surface area contributed by atoms with Gasteiger partial charge in [0.05, 0.1) is 31.7 Å². The molecule has 1 N–H and O–H groups in total. The first kappa shape index (κ1) is 34.5. The fourth-order valence-electron chi connectivity index (χ4n) is 5.52. The van der Waals surface area contributed by atoms with E-state index in [1.165, 1.54) is 23.5 Å². The van der Waals surface area contributed by atoms with Gasteiger partial charge in [0.2, 0.25) is 0 Å². The van der Waals surface area contributed by atoms with Gasteiger partial charge in [0, 0.05) is 35.8 Å². The van der Waals surface area contributed by atoms with Crippen LogP contribution in [0.25, 0.3) is 16.3 Å². The van der Waals surface area contributed by atoms with Gasteiger partial charge in [-0.3, -0.25) is 10.2 Å². The molecule has 15 heteroatoms. The molecule has 8 nitrogen and oxygen atoms in total. The van der Waals surface area contributed by atoms with E-state index < -0.39 is 28.4 Å². The number of hydrogen-bond acceptors (Lipinski definition) is 7. The van der Waals surface area contributed by atoms with Crippen molar-refractivity contribution in [3.8, 4) is 28.1 Å². The van der Waals surface area contributed by atoms with E-state index in [0.717, 1.165) is 44.2 Å². The van der Waals surface area contributed by atoms with Crippen LogP contribution >= 0.6 is 34.5 Å². The number of thiophene rings is 1. The van der Waals surface area contributed by atoms with Crippen LogP contribution in [0.5, 0.6) is 0 Å². The van der Waals surface area contributed by atoms with Crippen LogP contribution in [0.15, 0.2) is 59.0 Å². The maximum Gasteiger partial charge on any atom is 0.416 e. The van der Waals surface area contributed by atoms with Gasteiger partial charge in [0.1, 0.15) is 0 Å². The Labute approximate surface area is 292 Å². The van der Waals surface area contributed by atoms with Gasteiger partial charge >= 0.3 is 6.18 Å². The summed E-state index contributed by atoms with van der Waals surface area (Å²) in [6, 6.07) is 13.2. The second-order valence-electron chi connectivity index (χ2n) is 11.3. The van der Waals surface area contributed by atoms with Gasteiger partial charge in [-0.1, -0.05) is 41.5 Å². The van der Waals surface area contributed by atoms with Crippen molar-refractivity contribution in [2.75, 3.05) is 26.2 Å². The van der Waals surface area contributed by atoms with Gasteiger partial charge < -0.3 is 12.9 Å². The van der Waals surface area contributed by atoms with Gasteiger partial charge in [-0.2, -0.15) is 18.3 Å². The summed E-state index contributed by atoms with van der Waals surface area (Å²) in [6.07, 6.45) is 0.461. The van der Waals surface area contributed by atoms with Crippen molar-refractivity contribution in [2.24, 2.45) is 4.36 Å². The zero-order valence-electron chi connectivity index (χ0n) is 25.5. The predicted molar refractivity (Wildman–Crippen MR) is 182 cm³/mol. The van der Waals surface area contributed by atoms with Gasteiger partial charge in [0.25, 0.3) is 5.91 Å². The fraction of sp³-hybridized carbons (Fsp3) is 0.333. The molecule has 0 aliphatic carbocycles. The number of halogens is 5. The van der Waals surface area contributed by atoms with Crippen LogP contribution in [-0.2, 0) is 27.7 Å². The Kier molecular flexibility index (Phi) is 10.8. The lowest BCUT2D eigenvalue weighted by atomic mass is 10.1. The molecule has 0 saturated carbocycles. The number of hydrogen-bond donors (Lipinski definition) is 1. The monoisotopic (exact) mass is 733 g/mol. The zero-order valence-corrected chi connectivity index (χ0v) is 28.7. The summed E-state index contributed by atoms with van der Waals surface area (Å²) in [7, 11) is -1.61. The van der Waals surface area contributed by atoms with Crippen LogP contribution in [-0.4, -0.2) is 51.2 Å². The van der Waals surface area contributed by atoms with Crippen molar-refractivity contribution < 1.29 is 22.2 Å². The van der Waals surface area contributed by atoms with E-state index in [0.29, 0.717) is 68.5 Å². The normalized spacial score (nSPS) is 16.5. The smallest absolute Gasteiger partial charge is 0.416 e. The summed E-state index contributed by atoms with van der Waals surface area (Å²) in [5.41, 5.74) is 4.25. The number of rotatable bonds is 7. The largest absolute Gasteiger partial charge is 0.430 e. The van der Waals surface area contributed by atoms with E-state index in [1.54, 1.807) is 33.3 Å². The van der Waals surface area contributed by atoms with E-state index in [4.69, 9.17) is 28.3 Å². The van der Waals surface area contributed by atoms with E-state index in [-0.39, 0.29) is 12.2 Å². The van der Waals surface area contributed by atoms with E-state index >= 15 is 0 Å². The highest BCUT2D eigenvalue weighted by Crippen LogP contribution is 2.37. The van der Waals surface area contributed by atoms with Crippen LogP contribution in [0.3, 0.4) is 0 Å². The molecule has 6 rings (SSSR count). The average molecular weight is 735 g/mol. The van der Waals surface area contributed by atoms with E-state index in [9.17, 15) is 22.2 Å². The van der Waals surface area contributed by atoms with Crippen molar-refractivity contribution in [2.45, 2.75) is 44.8 Å². The summed E-state index contributed by atoms with van der Waals surface area (Å²) >= 11 is 14.2. The number of benzene rings is 2. The average Bonchev–Trinajstić information content (AvgIpc) is 3.84. The number of alkyl halides is 3. The fourth-order valence-corrected chi connectivity index (χ4v) is 7.90. The Balaban J connectivity index is 1.43. The molecule has 48 heavy (non-hydrogen) atoms. The quantitative estimate of drug-likeness (QED) is 0.154. The Bertz CT molecular complexity index is 1950. The maximum atomic E-state index is 13.9. The Morgan fingerprint density at radius 3 is 2.35 bits per heavy atom. The van der Waals surface area contributed by atoms with Crippen molar-refractivity contribution in [1.82, 2.24) is 24.5 Å². The number of nitrogens with one attached hydrogen (secondary N) is 1. The van der Waals surface area contributed by atoms with E-state index in [1.807, 2.05) is 11.1 Å². The third kappa shape index (κ3) is 8.07. The topological polar surface area (TPSA) is 82.8 Å². The second kappa shape index (κ2) is 15.0. The third-order valence-electron chi connectivity index (χ3n) is 7.95. The number of aromatic nitrogens is 2. The highest BCUT2D eigenvalue weighted by atomic mass is 35.5. The lowest BCUT2D eigenvalue weighted by Crippen LogP contribution is -2.45. The predicted octanol–water partition coefficient (Wildman–Crippen LogP) is 8.12. The number of hydrazine groups is 1. The van der Waals surface area contributed by atoms with Gasteiger partial charge in [-0.25, -0.2) is 9.69 Å². The summed E-state index contributed by atoms with van der Waals surface area (Å²) < 4.78 is 60.0. The Morgan fingerprint density at radius 2 is 1.67 bits per heavy atom. The Hall–Kier alpha value is -3.38. The molecule has 0 radical (unpaired) electrons. The molecule has 0 spiro atoms.